The van der Waals surface area contributed by atoms with Crippen molar-refractivity contribution in [2.45, 2.75) is 12.3 Å². The quantitative estimate of drug-likeness (QED) is 0.558. The number of hydrogen-bond donors (Lipinski definition) is 1. The first-order valence-corrected chi connectivity index (χ1v) is 4.28. The summed E-state index contributed by atoms with van der Waals surface area (Å²) in [5.41, 5.74) is 0. The second-order valence-corrected chi connectivity index (χ2v) is 4.12. The van der Waals surface area contributed by atoms with Crippen LogP contribution >= 0.6 is 7.60 Å². The molecule has 1 aliphatic heterocycles. The minimum atomic E-state index is -3.09. The maximum Gasteiger partial charge on any atom is 0.358 e. The first kappa shape index (κ1) is 7.22. The Kier molecular flexibility index (Phi) is 1.91. The van der Waals surface area contributed by atoms with Crippen molar-refractivity contribution >= 4 is 7.60 Å². The number of hydrogen-bond acceptors (Lipinski definition) is 4. The summed E-state index contributed by atoms with van der Waals surface area (Å²) < 4.78 is 20.2. The summed E-state index contributed by atoms with van der Waals surface area (Å²) in [5, 5.41) is 8.94. The normalized spacial score (nSPS) is 43.6. The van der Waals surface area contributed by atoms with Gasteiger partial charge < -0.3 is 14.2 Å². The Morgan fingerprint density at radius 3 is 2.78 bits per heavy atom. The fourth-order valence-electron chi connectivity index (χ4n) is 0.704. The molecule has 5 heteroatoms. The predicted molar refractivity (Wildman–Crippen MR) is 31.2 cm³/mol. The van der Waals surface area contributed by atoms with Crippen LogP contribution in [0.25, 0.3) is 0 Å². The first-order chi connectivity index (χ1) is 4.19. The average molecular weight is 152 g/mol. The van der Waals surface area contributed by atoms with Crippen LogP contribution in [0.15, 0.2) is 0 Å². The van der Waals surface area contributed by atoms with Crippen LogP contribution < -0.4 is 0 Å². The predicted octanol–water partition coefficient (Wildman–Crippen LogP) is 0.565. The molecule has 0 saturated carbocycles. The lowest BCUT2D eigenvalue weighted by Crippen LogP contribution is -2.00. The van der Waals surface area contributed by atoms with Crippen molar-refractivity contribution in [1.29, 1.82) is 0 Å². The maximum atomic E-state index is 11.0. The van der Waals surface area contributed by atoms with Gasteiger partial charge in [0.2, 0.25) is 0 Å². The fourth-order valence-corrected chi connectivity index (χ4v) is 2.01. The summed E-state index contributed by atoms with van der Waals surface area (Å²) in [6, 6.07) is 0. The van der Waals surface area contributed by atoms with Crippen LogP contribution in [0.3, 0.4) is 0 Å². The molecule has 1 fully saturated rings. The van der Waals surface area contributed by atoms with Crippen LogP contribution in [0.5, 0.6) is 0 Å². The minimum Gasteiger partial charge on any atom is -0.380 e. The van der Waals surface area contributed by atoms with Crippen molar-refractivity contribution in [3.05, 3.63) is 0 Å². The van der Waals surface area contributed by atoms with Gasteiger partial charge in [-0.3, -0.25) is 4.57 Å². The summed E-state index contributed by atoms with van der Waals surface area (Å²) in [5.74, 6) is -0.914. The van der Waals surface area contributed by atoms with Crippen molar-refractivity contribution in [3.63, 3.8) is 0 Å². The van der Waals surface area contributed by atoms with E-state index in [0.717, 1.165) is 0 Å². The fraction of sp³-hybridized carbons (Fsp3) is 1.00. The van der Waals surface area contributed by atoms with Crippen LogP contribution in [-0.2, 0) is 13.6 Å². The van der Waals surface area contributed by atoms with Gasteiger partial charge in [0.25, 0.3) is 0 Å². The Balaban J connectivity index is 2.68. The molecule has 0 bridgehead atoms. The maximum absolute atomic E-state index is 11.0. The van der Waals surface area contributed by atoms with E-state index in [4.69, 9.17) is 5.11 Å². The molecule has 0 aromatic heterocycles. The molecule has 1 aliphatic rings. The van der Waals surface area contributed by atoms with E-state index < -0.39 is 13.4 Å². The first-order valence-electron chi connectivity index (χ1n) is 2.67. The molecule has 0 amide bonds. The SMILES string of the molecule is COP1(=O)OCCC1O. The van der Waals surface area contributed by atoms with Crippen molar-refractivity contribution in [1.82, 2.24) is 0 Å². The zero-order valence-corrected chi connectivity index (χ0v) is 6.01. The zero-order chi connectivity index (χ0) is 6.91. The summed E-state index contributed by atoms with van der Waals surface area (Å²) in [4.78, 5) is 0. The standard InChI is InChI=1S/C4H9O4P/c1-7-9(6)4(5)2-3-8-9/h4-5H,2-3H2,1H3. The van der Waals surface area contributed by atoms with E-state index >= 15 is 0 Å². The van der Waals surface area contributed by atoms with Crippen LogP contribution in [0.1, 0.15) is 6.42 Å². The van der Waals surface area contributed by atoms with Crippen molar-refractivity contribution in [3.8, 4) is 0 Å². The van der Waals surface area contributed by atoms with Gasteiger partial charge in [-0.25, -0.2) is 0 Å². The molecule has 0 aliphatic carbocycles. The molecule has 2 unspecified atom stereocenters. The lowest BCUT2D eigenvalue weighted by Gasteiger charge is -2.09. The van der Waals surface area contributed by atoms with Gasteiger partial charge in [-0.1, -0.05) is 0 Å². The second-order valence-electron chi connectivity index (χ2n) is 1.82. The second kappa shape index (κ2) is 2.39. The summed E-state index contributed by atoms with van der Waals surface area (Å²) in [7, 11) is -1.81. The molecule has 1 saturated heterocycles. The summed E-state index contributed by atoms with van der Waals surface area (Å²) >= 11 is 0. The summed E-state index contributed by atoms with van der Waals surface area (Å²) in [6.45, 7) is 0.326. The third-order valence-electron chi connectivity index (χ3n) is 1.27. The van der Waals surface area contributed by atoms with Crippen molar-refractivity contribution in [2.75, 3.05) is 13.7 Å². The highest BCUT2D eigenvalue weighted by Gasteiger charge is 2.38. The van der Waals surface area contributed by atoms with Gasteiger partial charge in [0.05, 0.1) is 6.61 Å². The van der Waals surface area contributed by atoms with E-state index in [9.17, 15) is 4.57 Å². The van der Waals surface area contributed by atoms with Gasteiger partial charge in [-0.2, -0.15) is 0 Å². The monoisotopic (exact) mass is 152 g/mol. The highest BCUT2D eigenvalue weighted by atomic mass is 31.2. The molecular formula is C4H9O4P. The van der Waals surface area contributed by atoms with Gasteiger partial charge in [0.1, 0.15) is 0 Å². The molecule has 2 atom stereocenters. The Labute approximate surface area is 53.3 Å². The van der Waals surface area contributed by atoms with Crippen LogP contribution in [0.4, 0.5) is 0 Å². The Bertz CT molecular complexity index is 146. The lowest BCUT2D eigenvalue weighted by atomic mass is 10.5. The van der Waals surface area contributed by atoms with E-state index in [-0.39, 0.29) is 0 Å². The average Bonchev–Trinajstić information content (AvgIpc) is 2.15. The molecule has 0 radical (unpaired) electrons. The molecule has 0 spiro atoms. The Morgan fingerprint density at radius 1 is 1.89 bits per heavy atom. The number of aliphatic hydroxyl groups is 1. The molecule has 1 rings (SSSR count). The molecule has 0 aromatic carbocycles. The highest BCUT2D eigenvalue weighted by Crippen LogP contribution is 2.56. The van der Waals surface area contributed by atoms with Crippen molar-refractivity contribution < 1.29 is 18.7 Å². The Hall–Kier alpha value is 0.110. The van der Waals surface area contributed by atoms with E-state index in [1.54, 1.807) is 0 Å². The van der Waals surface area contributed by atoms with E-state index in [1.807, 2.05) is 0 Å². The van der Waals surface area contributed by atoms with Gasteiger partial charge in [-0.05, 0) is 0 Å². The molecule has 9 heavy (non-hydrogen) atoms. The van der Waals surface area contributed by atoms with Gasteiger partial charge in [0.15, 0.2) is 5.85 Å². The molecule has 54 valence electrons. The van der Waals surface area contributed by atoms with Crippen LogP contribution in [0.2, 0.25) is 0 Å². The molecule has 0 aromatic rings. The summed E-state index contributed by atoms with van der Waals surface area (Å²) in [6.07, 6.45) is 0.408. The number of aliphatic hydroxyl groups excluding tert-OH is 1. The van der Waals surface area contributed by atoms with Gasteiger partial charge in [-0.15, -0.1) is 0 Å². The smallest absolute Gasteiger partial charge is 0.358 e. The largest absolute Gasteiger partial charge is 0.380 e. The molecular weight excluding hydrogens is 143 g/mol. The Morgan fingerprint density at radius 2 is 2.56 bits per heavy atom. The molecule has 4 nitrogen and oxygen atoms in total. The van der Waals surface area contributed by atoms with E-state index in [0.29, 0.717) is 13.0 Å². The van der Waals surface area contributed by atoms with Crippen LogP contribution in [0, 0.1) is 0 Å². The third-order valence-corrected chi connectivity index (χ3v) is 3.31. The molecule has 1 heterocycles. The van der Waals surface area contributed by atoms with Crippen LogP contribution in [-0.4, -0.2) is 24.7 Å². The van der Waals surface area contributed by atoms with Gasteiger partial charge in [0, 0.05) is 13.5 Å². The highest BCUT2D eigenvalue weighted by molar-refractivity contribution is 7.54. The lowest BCUT2D eigenvalue weighted by molar-refractivity contribution is 0.218. The van der Waals surface area contributed by atoms with E-state index in [1.165, 1.54) is 7.11 Å². The zero-order valence-electron chi connectivity index (χ0n) is 5.11. The topological polar surface area (TPSA) is 55.8 Å². The van der Waals surface area contributed by atoms with Crippen molar-refractivity contribution in [2.24, 2.45) is 0 Å². The van der Waals surface area contributed by atoms with Gasteiger partial charge >= 0.3 is 7.60 Å². The van der Waals surface area contributed by atoms with E-state index in [2.05, 4.69) is 9.05 Å². The number of rotatable bonds is 1. The molecule has 1 N–H and O–H groups in total. The minimum absolute atomic E-state index is 0.326. The third kappa shape index (κ3) is 1.17.